The van der Waals surface area contributed by atoms with E-state index in [1.54, 1.807) is 19.2 Å². The summed E-state index contributed by atoms with van der Waals surface area (Å²) in [6, 6.07) is 12.9. The lowest BCUT2D eigenvalue weighted by Crippen LogP contribution is -2.01. The van der Waals surface area contributed by atoms with Gasteiger partial charge in [-0.3, -0.25) is 0 Å². The van der Waals surface area contributed by atoms with E-state index in [1.165, 1.54) is 0 Å². The number of benzene rings is 2. The Morgan fingerprint density at radius 3 is 2.63 bits per heavy atom. The number of aliphatic hydroxyl groups is 1. The highest BCUT2D eigenvalue weighted by Gasteiger charge is 2.10. The number of halogens is 1. The SMILES string of the molecule is COc1cccc(CO)c1OCc1cccc(Cl)c1. The predicted octanol–water partition coefficient (Wildman–Crippen LogP) is 3.42. The minimum Gasteiger partial charge on any atom is -0.493 e. The molecule has 0 aromatic heterocycles. The fraction of sp³-hybridized carbons (Fsp3) is 0.200. The second-order valence-corrected chi connectivity index (χ2v) is 4.46. The van der Waals surface area contributed by atoms with Crippen LogP contribution in [-0.4, -0.2) is 12.2 Å². The Hall–Kier alpha value is -1.71. The summed E-state index contributed by atoms with van der Waals surface area (Å²) in [5.74, 6) is 1.17. The zero-order valence-corrected chi connectivity index (χ0v) is 11.4. The minimum atomic E-state index is -0.0952. The quantitative estimate of drug-likeness (QED) is 0.911. The average Bonchev–Trinajstić information content (AvgIpc) is 2.44. The van der Waals surface area contributed by atoms with Crippen molar-refractivity contribution in [1.82, 2.24) is 0 Å². The topological polar surface area (TPSA) is 38.7 Å². The molecule has 100 valence electrons. The van der Waals surface area contributed by atoms with Gasteiger partial charge in [0.2, 0.25) is 0 Å². The summed E-state index contributed by atoms with van der Waals surface area (Å²) in [5, 5.41) is 9.99. The van der Waals surface area contributed by atoms with Gasteiger partial charge in [0.25, 0.3) is 0 Å². The van der Waals surface area contributed by atoms with Crippen molar-refractivity contribution >= 4 is 11.6 Å². The molecule has 0 saturated heterocycles. The first kappa shape index (κ1) is 13.7. The maximum atomic E-state index is 9.32. The molecule has 0 heterocycles. The highest BCUT2D eigenvalue weighted by molar-refractivity contribution is 6.30. The van der Waals surface area contributed by atoms with Crippen molar-refractivity contribution in [3.8, 4) is 11.5 Å². The summed E-state index contributed by atoms with van der Waals surface area (Å²) in [4.78, 5) is 0. The summed E-state index contributed by atoms with van der Waals surface area (Å²) in [6.45, 7) is 0.274. The molecule has 0 aliphatic carbocycles. The largest absolute Gasteiger partial charge is 0.493 e. The number of methoxy groups -OCH3 is 1. The van der Waals surface area contributed by atoms with Gasteiger partial charge in [-0.1, -0.05) is 35.9 Å². The van der Waals surface area contributed by atoms with Crippen molar-refractivity contribution in [3.05, 3.63) is 58.6 Å². The standard InChI is InChI=1S/C15H15ClO3/c1-18-14-7-3-5-12(9-17)15(14)19-10-11-4-2-6-13(16)8-11/h2-8,17H,9-10H2,1H3. The van der Waals surface area contributed by atoms with Gasteiger partial charge < -0.3 is 14.6 Å². The predicted molar refractivity (Wildman–Crippen MR) is 74.7 cm³/mol. The Bertz CT molecular complexity index is 533. The Labute approximate surface area is 117 Å². The first-order valence-electron chi connectivity index (χ1n) is 5.88. The third-order valence-corrected chi connectivity index (χ3v) is 2.96. The van der Waals surface area contributed by atoms with Crippen LogP contribution < -0.4 is 9.47 Å². The maximum Gasteiger partial charge on any atom is 0.167 e. The Kier molecular flexibility index (Phi) is 4.66. The lowest BCUT2D eigenvalue weighted by atomic mass is 10.2. The summed E-state index contributed by atoms with van der Waals surface area (Å²) in [7, 11) is 1.57. The fourth-order valence-corrected chi connectivity index (χ4v) is 2.01. The average molecular weight is 279 g/mol. The molecule has 0 radical (unpaired) electrons. The molecule has 2 aromatic rings. The van der Waals surface area contributed by atoms with Gasteiger partial charge in [0.1, 0.15) is 6.61 Å². The van der Waals surface area contributed by atoms with Crippen LogP contribution in [0.3, 0.4) is 0 Å². The number of ether oxygens (including phenoxy) is 2. The van der Waals surface area contributed by atoms with Gasteiger partial charge in [0, 0.05) is 10.6 Å². The van der Waals surface area contributed by atoms with E-state index in [9.17, 15) is 5.11 Å². The molecule has 0 fully saturated rings. The molecule has 0 aliphatic rings. The van der Waals surface area contributed by atoms with Crippen molar-refractivity contribution < 1.29 is 14.6 Å². The van der Waals surface area contributed by atoms with E-state index in [2.05, 4.69) is 0 Å². The number of hydrogen-bond donors (Lipinski definition) is 1. The van der Waals surface area contributed by atoms with E-state index >= 15 is 0 Å². The Morgan fingerprint density at radius 2 is 1.95 bits per heavy atom. The van der Waals surface area contributed by atoms with E-state index in [-0.39, 0.29) is 6.61 Å². The molecule has 4 heteroatoms. The molecule has 1 N–H and O–H groups in total. The highest BCUT2D eigenvalue weighted by atomic mass is 35.5. The molecule has 2 rings (SSSR count). The van der Waals surface area contributed by atoms with E-state index < -0.39 is 0 Å². The molecule has 0 aliphatic heterocycles. The van der Waals surface area contributed by atoms with Crippen LogP contribution in [0.2, 0.25) is 5.02 Å². The van der Waals surface area contributed by atoms with Gasteiger partial charge in [-0.2, -0.15) is 0 Å². The zero-order valence-electron chi connectivity index (χ0n) is 10.6. The minimum absolute atomic E-state index is 0.0952. The molecule has 2 aromatic carbocycles. The van der Waals surface area contributed by atoms with Crippen LogP contribution in [0.1, 0.15) is 11.1 Å². The van der Waals surface area contributed by atoms with E-state index in [0.29, 0.717) is 28.7 Å². The van der Waals surface area contributed by atoms with Crippen LogP contribution in [0.5, 0.6) is 11.5 Å². The van der Waals surface area contributed by atoms with Crippen LogP contribution in [0.25, 0.3) is 0 Å². The second kappa shape index (κ2) is 6.45. The first-order chi connectivity index (χ1) is 9.24. The summed E-state index contributed by atoms with van der Waals surface area (Å²) in [6.07, 6.45) is 0. The molecule has 0 bridgehead atoms. The summed E-state index contributed by atoms with van der Waals surface area (Å²) < 4.78 is 11.0. The monoisotopic (exact) mass is 278 g/mol. The lowest BCUT2D eigenvalue weighted by molar-refractivity contribution is 0.250. The molecule has 3 nitrogen and oxygen atoms in total. The van der Waals surface area contributed by atoms with Crippen molar-refractivity contribution in [1.29, 1.82) is 0 Å². The number of para-hydroxylation sites is 1. The Balaban J connectivity index is 2.19. The summed E-state index contributed by atoms with van der Waals surface area (Å²) >= 11 is 5.92. The van der Waals surface area contributed by atoms with Gasteiger partial charge in [0.15, 0.2) is 11.5 Å². The van der Waals surface area contributed by atoms with Crippen molar-refractivity contribution in [2.75, 3.05) is 7.11 Å². The molecular weight excluding hydrogens is 264 g/mol. The molecule has 0 saturated carbocycles. The zero-order chi connectivity index (χ0) is 13.7. The number of rotatable bonds is 5. The molecule has 0 amide bonds. The van der Waals surface area contributed by atoms with Crippen LogP contribution >= 0.6 is 11.6 Å². The van der Waals surface area contributed by atoms with Crippen LogP contribution in [0.4, 0.5) is 0 Å². The van der Waals surface area contributed by atoms with E-state index in [0.717, 1.165) is 5.56 Å². The van der Waals surface area contributed by atoms with Gasteiger partial charge in [-0.05, 0) is 23.8 Å². The third-order valence-electron chi connectivity index (χ3n) is 2.72. The van der Waals surface area contributed by atoms with Crippen molar-refractivity contribution in [2.24, 2.45) is 0 Å². The maximum absolute atomic E-state index is 9.32. The van der Waals surface area contributed by atoms with E-state index in [4.69, 9.17) is 21.1 Å². The summed E-state index contributed by atoms with van der Waals surface area (Å²) in [5.41, 5.74) is 1.66. The van der Waals surface area contributed by atoms with Gasteiger partial charge in [-0.25, -0.2) is 0 Å². The smallest absolute Gasteiger partial charge is 0.167 e. The van der Waals surface area contributed by atoms with Gasteiger partial charge >= 0.3 is 0 Å². The first-order valence-corrected chi connectivity index (χ1v) is 6.26. The van der Waals surface area contributed by atoms with Crippen LogP contribution in [0.15, 0.2) is 42.5 Å². The van der Waals surface area contributed by atoms with Crippen LogP contribution in [-0.2, 0) is 13.2 Å². The van der Waals surface area contributed by atoms with Crippen LogP contribution in [0, 0.1) is 0 Å². The highest BCUT2D eigenvalue weighted by Crippen LogP contribution is 2.31. The fourth-order valence-electron chi connectivity index (χ4n) is 1.79. The van der Waals surface area contributed by atoms with Gasteiger partial charge in [0.05, 0.1) is 13.7 Å². The third kappa shape index (κ3) is 3.40. The molecule has 0 spiro atoms. The number of hydrogen-bond acceptors (Lipinski definition) is 3. The van der Waals surface area contributed by atoms with E-state index in [1.807, 2.05) is 30.3 Å². The van der Waals surface area contributed by atoms with Gasteiger partial charge in [-0.15, -0.1) is 0 Å². The normalized spacial score (nSPS) is 10.3. The van der Waals surface area contributed by atoms with Crippen molar-refractivity contribution in [2.45, 2.75) is 13.2 Å². The second-order valence-electron chi connectivity index (χ2n) is 4.03. The number of aliphatic hydroxyl groups excluding tert-OH is 1. The molecule has 0 unspecified atom stereocenters. The Morgan fingerprint density at radius 1 is 1.16 bits per heavy atom. The lowest BCUT2D eigenvalue weighted by Gasteiger charge is -2.14. The van der Waals surface area contributed by atoms with Crippen molar-refractivity contribution in [3.63, 3.8) is 0 Å². The molecule has 19 heavy (non-hydrogen) atoms. The molecular formula is C15H15ClO3. The molecule has 0 atom stereocenters.